The van der Waals surface area contributed by atoms with Crippen LogP contribution < -0.4 is 10.2 Å². The van der Waals surface area contributed by atoms with Crippen molar-refractivity contribution >= 4 is 35.1 Å². The van der Waals surface area contributed by atoms with Gasteiger partial charge in [-0.25, -0.2) is 4.52 Å². The summed E-state index contributed by atoms with van der Waals surface area (Å²) in [7, 11) is 3.93. The van der Waals surface area contributed by atoms with Gasteiger partial charge in [0.1, 0.15) is 12.1 Å². The zero-order chi connectivity index (χ0) is 35.0. The molecule has 0 unspecified atom stereocenters. The fourth-order valence-electron chi connectivity index (χ4n) is 6.84. The highest BCUT2D eigenvalue weighted by Gasteiger charge is 2.47. The minimum absolute atomic E-state index is 0.000914. The Morgan fingerprint density at radius 1 is 1.20 bits per heavy atom. The zero-order valence-corrected chi connectivity index (χ0v) is 28.0. The molecular weight excluding hydrogens is 639 g/mol. The van der Waals surface area contributed by atoms with Crippen molar-refractivity contribution in [2.24, 2.45) is 10.4 Å². The molecule has 0 bridgehead atoms. The fraction of sp³-hybridized carbons (Fsp3) is 0.531. The first-order chi connectivity index (χ1) is 23.3. The van der Waals surface area contributed by atoms with E-state index in [1.807, 2.05) is 22.1 Å². The molecule has 2 aliphatic heterocycles. The van der Waals surface area contributed by atoms with Gasteiger partial charge in [0.25, 0.3) is 0 Å². The van der Waals surface area contributed by atoms with E-state index in [2.05, 4.69) is 62.5 Å². The average molecular weight is 680 g/mol. The van der Waals surface area contributed by atoms with E-state index in [1.165, 1.54) is 4.68 Å². The number of halogens is 3. The van der Waals surface area contributed by atoms with Gasteiger partial charge in [0.15, 0.2) is 5.65 Å². The van der Waals surface area contributed by atoms with Crippen LogP contribution in [0.1, 0.15) is 38.7 Å². The van der Waals surface area contributed by atoms with E-state index in [-0.39, 0.29) is 37.4 Å². The van der Waals surface area contributed by atoms with Gasteiger partial charge < -0.3 is 25.0 Å². The number of rotatable bonds is 11. The van der Waals surface area contributed by atoms with Crippen LogP contribution in [0.25, 0.3) is 5.65 Å². The number of likely N-dealkylation sites (tertiary alicyclic amines) is 1. The number of alkyl halides is 3. The Hall–Kier alpha value is -4.98. The van der Waals surface area contributed by atoms with Gasteiger partial charge in [0, 0.05) is 76.0 Å². The molecule has 6 rings (SSSR count). The Labute approximate surface area is 281 Å². The van der Waals surface area contributed by atoms with Crippen LogP contribution in [0.4, 0.5) is 30.5 Å². The van der Waals surface area contributed by atoms with Gasteiger partial charge in [-0.2, -0.15) is 33.6 Å². The van der Waals surface area contributed by atoms with Crippen molar-refractivity contribution in [2.45, 2.75) is 57.4 Å². The predicted octanol–water partition coefficient (Wildman–Crippen LogP) is 3.66. The summed E-state index contributed by atoms with van der Waals surface area (Å²) in [6, 6.07) is 6.16. The largest absolute Gasteiger partial charge is 0.419 e. The number of aliphatic imine (C=N–C) groups is 1. The molecule has 0 spiro atoms. The van der Waals surface area contributed by atoms with Gasteiger partial charge in [-0.05, 0) is 32.0 Å². The molecule has 2 aliphatic rings. The highest BCUT2D eigenvalue weighted by atomic mass is 19.4. The van der Waals surface area contributed by atoms with Crippen LogP contribution in [-0.2, 0) is 23.1 Å². The standard InChI is InChI=1S/C32H40F3N13O/c1-30(2,19-37-3)20-43(4)25-7-12-44(13-8-25)27(49)18-46-17-24(15-38-46)40-29-41-28-26(6-5-11-47(28)42-29)45-21-31(22-45,9-10-36)48-16-23(14-39-48)32(33,34)35/h5-6,11,14-17,19,25H,7-9,12-13,18,20-22H2,1-4H3,(H,40,42). The summed E-state index contributed by atoms with van der Waals surface area (Å²) in [5.74, 6) is 0.320. The minimum Gasteiger partial charge on any atom is -0.363 e. The second-order valence-corrected chi connectivity index (χ2v) is 13.6. The van der Waals surface area contributed by atoms with E-state index in [1.54, 1.807) is 40.9 Å². The molecule has 17 heteroatoms. The van der Waals surface area contributed by atoms with Crippen LogP contribution in [0, 0.1) is 16.7 Å². The number of hydrogen-bond donors (Lipinski definition) is 1. The van der Waals surface area contributed by atoms with Crippen molar-refractivity contribution in [3.05, 3.63) is 48.7 Å². The van der Waals surface area contributed by atoms with Crippen molar-refractivity contribution < 1.29 is 18.0 Å². The van der Waals surface area contributed by atoms with E-state index in [0.29, 0.717) is 36.4 Å². The maximum absolute atomic E-state index is 13.2. The highest BCUT2D eigenvalue weighted by Crippen LogP contribution is 2.39. The lowest BCUT2D eigenvalue weighted by molar-refractivity contribution is -0.137. The third-order valence-corrected chi connectivity index (χ3v) is 9.22. The molecule has 1 amide bonds. The van der Waals surface area contributed by atoms with Gasteiger partial charge >= 0.3 is 6.18 Å². The van der Waals surface area contributed by atoms with Crippen molar-refractivity contribution in [1.29, 1.82) is 5.26 Å². The smallest absolute Gasteiger partial charge is 0.363 e. The Morgan fingerprint density at radius 3 is 2.63 bits per heavy atom. The van der Waals surface area contributed by atoms with E-state index in [0.717, 1.165) is 37.5 Å². The topological polar surface area (TPSA) is 141 Å². The van der Waals surface area contributed by atoms with E-state index >= 15 is 0 Å². The molecular formula is C32H40F3N13O. The van der Waals surface area contributed by atoms with Gasteiger partial charge in [0.2, 0.25) is 11.9 Å². The second-order valence-electron chi connectivity index (χ2n) is 13.6. The second kappa shape index (κ2) is 13.1. The zero-order valence-electron chi connectivity index (χ0n) is 28.0. The quantitative estimate of drug-likeness (QED) is 0.235. The lowest BCUT2D eigenvalue weighted by Gasteiger charge is -2.50. The van der Waals surface area contributed by atoms with E-state index in [9.17, 15) is 23.2 Å². The molecule has 14 nitrogen and oxygen atoms in total. The maximum atomic E-state index is 13.2. The van der Waals surface area contributed by atoms with Gasteiger partial charge in [0.05, 0.1) is 41.8 Å². The lowest BCUT2D eigenvalue weighted by Crippen LogP contribution is -2.63. The molecule has 0 atom stereocenters. The first-order valence-electron chi connectivity index (χ1n) is 16.1. The summed E-state index contributed by atoms with van der Waals surface area (Å²) in [6.45, 7) is 7.30. The summed E-state index contributed by atoms with van der Waals surface area (Å²) in [5.41, 5.74) is 0.0972. The molecule has 49 heavy (non-hydrogen) atoms. The molecule has 0 aromatic carbocycles. The number of fused-ring (bicyclic) bond motifs is 1. The van der Waals surface area contributed by atoms with Crippen LogP contribution in [0.5, 0.6) is 0 Å². The number of nitrogens with one attached hydrogen (secondary N) is 1. The minimum atomic E-state index is -4.52. The summed E-state index contributed by atoms with van der Waals surface area (Å²) >= 11 is 0. The normalized spacial score (nSPS) is 17.2. The first-order valence-corrected chi connectivity index (χ1v) is 16.1. The Morgan fingerprint density at radius 2 is 1.96 bits per heavy atom. The fourth-order valence-corrected chi connectivity index (χ4v) is 6.84. The SMILES string of the molecule is CN=CC(C)(C)CN(C)C1CCN(C(=O)Cn2cc(Nc3nc4c(N5CC(CC#N)(n6cc(C(F)(F)F)cn6)C5)cccn4n3)cn2)CC1. The van der Waals surface area contributed by atoms with Crippen LogP contribution in [0.3, 0.4) is 0 Å². The molecule has 260 valence electrons. The number of nitrogens with zero attached hydrogens (tertiary/aromatic N) is 12. The van der Waals surface area contributed by atoms with Crippen LogP contribution in [0.15, 0.2) is 48.1 Å². The van der Waals surface area contributed by atoms with Crippen LogP contribution in [-0.4, -0.2) is 109 Å². The number of nitriles is 1. The van der Waals surface area contributed by atoms with E-state index in [4.69, 9.17) is 0 Å². The molecule has 6 heterocycles. The highest BCUT2D eigenvalue weighted by molar-refractivity contribution is 5.76. The third kappa shape index (κ3) is 7.24. The molecule has 1 N–H and O–H groups in total. The summed E-state index contributed by atoms with van der Waals surface area (Å²) in [5, 5.41) is 25.4. The number of anilines is 3. The number of hydrogen-bond acceptors (Lipinski definition) is 10. The van der Waals surface area contributed by atoms with Crippen molar-refractivity contribution in [1.82, 2.24) is 44.0 Å². The maximum Gasteiger partial charge on any atom is 0.419 e. The van der Waals surface area contributed by atoms with Gasteiger partial charge in [-0.15, -0.1) is 5.10 Å². The van der Waals surface area contributed by atoms with E-state index < -0.39 is 17.3 Å². The number of carbonyl (C=O) groups is 1. The monoisotopic (exact) mass is 679 g/mol. The summed E-state index contributed by atoms with van der Waals surface area (Å²) in [6.07, 6.45) is 6.10. The molecule has 2 fully saturated rings. The average Bonchev–Trinajstić information content (AvgIpc) is 3.79. The molecule has 4 aromatic heterocycles. The summed E-state index contributed by atoms with van der Waals surface area (Å²) < 4.78 is 44.1. The van der Waals surface area contributed by atoms with Crippen molar-refractivity contribution in [3.63, 3.8) is 0 Å². The number of piperidine rings is 1. The molecule has 4 aromatic rings. The predicted molar refractivity (Wildman–Crippen MR) is 177 cm³/mol. The number of amides is 1. The summed E-state index contributed by atoms with van der Waals surface area (Å²) in [4.78, 5) is 28.2. The number of pyridine rings is 1. The van der Waals surface area contributed by atoms with Crippen LogP contribution >= 0.6 is 0 Å². The number of carbonyl (C=O) groups excluding carboxylic acids is 1. The Balaban J connectivity index is 1.05. The Bertz CT molecular complexity index is 1850. The van der Waals surface area contributed by atoms with Crippen molar-refractivity contribution in [2.75, 3.05) is 57.0 Å². The molecule has 0 radical (unpaired) electrons. The Kier molecular flexibility index (Phi) is 9.09. The molecule has 0 saturated carbocycles. The van der Waals surface area contributed by atoms with Crippen LogP contribution in [0.2, 0.25) is 0 Å². The third-order valence-electron chi connectivity index (χ3n) is 9.22. The van der Waals surface area contributed by atoms with Gasteiger partial charge in [-0.3, -0.25) is 14.2 Å². The van der Waals surface area contributed by atoms with Crippen molar-refractivity contribution in [3.8, 4) is 6.07 Å². The molecule has 0 aliphatic carbocycles. The number of aromatic nitrogens is 7. The first kappa shape index (κ1) is 33.9. The van der Waals surface area contributed by atoms with Gasteiger partial charge in [-0.1, -0.05) is 13.8 Å². The lowest BCUT2D eigenvalue weighted by atomic mass is 9.86. The molecule has 2 saturated heterocycles.